The molecule has 1 unspecified atom stereocenters. The predicted molar refractivity (Wildman–Crippen MR) is 77.4 cm³/mol. The van der Waals surface area contributed by atoms with Gasteiger partial charge in [0.05, 0.1) is 12.5 Å². The molecule has 1 heterocycles. The zero-order valence-corrected chi connectivity index (χ0v) is 11.9. The molecule has 1 amide bonds. The number of amides is 1. The van der Waals surface area contributed by atoms with Gasteiger partial charge in [0.1, 0.15) is 0 Å². The van der Waals surface area contributed by atoms with Gasteiger partial charge in [0.2, 0.25) is 5.91 Å². The molecular weight excluding hydrogens is 238 g/mol. The summed E-state index contributed by atoms with van der Waals surface area (Å²) in [5, 5.41) is 0. The van der Waals surface area contributed by atoms with Gasteiger partial charge in [-0.2, -0.15) is 0 Å². The highest BCUT2D eigenvalue weighted by Crippen LogP contribution is 2.20. The van der Waals surface area contributed by atoms with E-state index in [1.165, 1.54) is 12.0 Å². The van der Waals surface area contributed by atoms with Crippen LogP contribution in [0.2, 0.25) is 0 Å². The molecule has 0 bridgehead atoms. The summed E-state index contributed by atoms with van der Waals surface area (Å²) in [4.78, 5) is 14.3. The van der Waals surface area contributed by atoms with Crippen LogP contribution in [0.25, 0.3) is 0 Å². The van der Waals surface area contributed by atoms with Crippen molar-refractivity contribution in [1.29, 1.82) is 0 Å². The number of ether oxygens (including phenoxy) is 1. The van der Waals surface area contributed by atoms with Crippen molar-refractivity contribution >= 4 is 11.6 Å². The van der Waals surface area contributed by atoms with Crippen molar-refractivity contribution in [2.45, 2.75) is 45.6 Å². The van der Waals surface area contributed by atoms with Crippen LogP contribution in [0.3, 0.4) is 0 Å². The fourth-order valence-corrected chi connectivity index (χ4v) is 2.57. The van der Waals surface area contributed by atoms with Crippen LogP contribution in [-0.2, 0) is 9.53 Å². The molecule has 1 aliphatic rings. The van der Waals surface area contributed by atoms with E-state index in [9.17, 15) is 4.79 Å². The van der Waals surface area contributed by atoms with E-state index in [2.05, 4.69) is 6.07 Å². The van der Waals surface area contributed by atoms with E-state index in [-0.39, 0.29) is 12.0 Å². The van der Waals surface area contributed by atoms with Gasteiger partial charge in [-0.15, -0.1) is 0 Å². The molecule has 3 nitrogen and oxygen atoms in total. The maximum atomic E-state index is 12.4. The van der Waals surface area contributed by atoms with Gasteiger partial charge in [-0.1, -0.05) is 12.1 Å². The van der Waals surface area contributed by atoms with Gasteiger partial charge in [0.15, 0.2) is 0 Å². The summed E-state index contributed by atoms with van der Waals surface area (Å²) < 4.78 is 5.66. The van der Waals surface area contributed by atoms with Crippen molar-refractivity contribution in [3.63, 3.8) is 0 Å². The number of carbonyl (C=O) groups excluding carboxylic acids is 1. The molecule has 19 heavy (non-hydrogen) atoms. The Bertz CT molecular complexity index is 425. The zero-order chi connectivity index (χ0) is 13.7. The quantitative estimate of drug-likeness (QED) is 0.832. The Morgan fingerprint density at radius 3 is 2.89 bits per heavy atom. The lowest BCUT2D eigenvalue weighted by molar-refractivity contribution is -0.122. The van der Waals surface area contributed by atoms with Gasteiger partial charge in [0, 0.05) is 18.8 Å². The topological polar surface area (TPSA) is 29.5 Å². The lowest BCUT2D eigenvalue weighted by Crippen LogP contribution is -2.34. The molecule has 0 aromatic heterocycles. The second-order valence-electron chi connectivity index (χ2n) is 5.17. The number of hydrogen-bond acceptors (Lipinski definition) is 2. The Morgan fingerprint density at radius 1 is 1.42 bits per heavy atom. The molecular formula is C16H23NO2. The second-order valence-corrected chi connectivity index (χ2v) is 5.17. The molecule has 1 aliphatic heterocycles. The van der Waals surface area contributed by atoms with E-state index in [0.717, 1.165) is 25.1 Å². The molecule has 0 radical (unpaired) electrons. The van der Waals surface area contributed by atoms with E-state index in [4.69, 9.17) is 4.74 Å². The van der Waals surface area contributed by atoms with E-state index < -0.39 is 0 Å². The molecule has 104 valence electrons. The SMILES string of the molecule is CCN(C(=O)CC1CCCCO1)c1cccc(C)c1. The number of nitrogens with zero attached hydrogens (tertiary/aromatic N) is 1. The summed E-state index contributed by atoms with van der Waals surface area (Å²) in [5.41, 5.74) is 2.17. The molecule has 2 rings (SSSR count). The Labute approximate surface area is 115 Å². The Morgan fingerprint density at radius 2 is 2.26 bits per heavy atom. The number of anilines is 1. The normalized spacial score (nSPS) is 19.2. The van der Waals surface area contributed by atoms with Crippen molar-refractivity contribution in [1.82, 2.24) is 0 Å². The third-order valence-corrected chi connectivity index (χ3v) is 3.61. The Balaban J connectivity index is 2.02. The number of benzene rings is 1. The first kappa shape index (κ1) is 14.1. The van der Waals surface area contributed by atoms with Gasteiger partial charge in [-0.3, -0.25) is 4.79 Å². The number of rotatable bonds is 4. The summed E-state index contributed by atoms with van der Waals surface area (Å²) in [6.45, 7) is 5.57. The average molecular weight is 261 g/mol. The van der Waals surface area contributed by atoms with E-state index in [0.29, 0.717) is 13.0 Å². The first-order valence-corrected chi connectivity index (χ1v) is 7.19. The van der Waals surface area contributed by atoms with Gasteiger partial charge >= 0.3 is 0 Å². The lowest BCUT2D eigenvalue weighted by atomic mass is 10.1. The monoisotopic (exact) mass is 261 g/mol. The highest BCUT2D eigenvalue weighted by molar-refractivity contribution is 5.93. The van der Waals surface area contributed by atoms with Crippen LogP contribution in [0.15, 0.2) is 24.3 Å². The number of aryl methyl sites for hydroxylation is 1. The third-order valence-electron chi connectivity index (χ3n) is 3.61. The molecule has 1 atom stereocenters. The first-order valence-electron chi connectivity index (χ1n) is 7.19. The van der Waals surface area contributed by atoms with Crippen molar-refractivity contribution in [2.75, 3.05) is 18.1 Å². The molecule has 1 saturated heterocycles. The van der Waals surface area contributed by atoms with Gasteiger partial charge < -0.3 is 9.64 Å². The Kier molecular flexibility index (Phi) is 4.97. The minimum atomic E-state index is 0.111. The largest absolute Gasteiger partial charge is 0.378 e. The van der Waals surface area contributed by atoms with Gasteiger partial charge in [-0.05, 0) is 50.8 Å². The number of carbonyl (C=O) groups is 1. The van der Waals surface area contributed by atoms with Crippen LogP contribution in [-0.4, -0.2) is 25.2 Å². The van der Waals surface area contributed by atoms with Crippen molar-refractivity contribution in [2.24, 2.45) is 0 Å². The highest BCUT2D eigenvalue weighted by Gasteiger charge is 2.21. The summed E-state index contributed by atoms with van der Waals surface area (Å²) in [6.07, 6.45) is 3.92. The summed E-state index contributed by atoms with van der Waals surface area (Å²) in [7, 11) is 0. The Hall–Kier alpha value is -1.35. The zero-order valence-electron chi connectivity index (χ0n) is 11.9. The molecule has 0 N–H and O–H groups in total. The smallest absolute Gasteiger partial charge is 0.229 e. The van der Waals surface area contributed by atoms with Crippen molar-refractivity contribution in [3.8, 4) is 0 Å². The van der Waals surface area contributed by atoms with Crippen LogP contribution in [0.5, 0.6) is 0 Å². The molecule has 0 spiro atoms. The fraction of sp³-hybridized carbons (Fsp3) is 0.562. The minimum Gasteiger partial charge on any atom is -0.378 e. The minimum absolute atomic E-state index is 0.111. The standard InChI is InChI=1S/C16H23NO2/c1-3-17(14-8-6-7-13(2)11-14)16(18)12-15-9-4-5-10-19-15/h6-8,11,15H,3-5,9-10,12H2,1-2H3. The molecule has 0 aliphatic carbocycles. The van der Waals surface area contributed by atoms with Crippen LogP contribution in [0.1, 0.15) is 38.2 Å². The second kappa shape index (κ2) is 6.71. The third kappa shape index (κ3) is 3.80. The maximum absolute atomic E-state index is 12.4. The predicted octanol–water partition coefficient (Wildman–Crippen LogP) is 3.31. The number of hydrogen-bond donors (Lipinski definition) is 0. The maximum Gasteiger partial charge on any atom is 0.229 e. The first-order chi connectivity index (χ1) is 9.20. The van der Waals surface area contributed by atoms with Crippen LogP contribution >= 0.6 is 0 Å². The van der Waals surface area contributed by atoms with Crippen molar-refractivity contribution in [3.05, 3.63) is 29.8 Å². The van der Waals surface area contributed by atoms with Crippen LogP contribution in [0.4, 0.5) is 5.69 Å². The highest BCUT2D eigenvalue weighted by atomic mass is 16.5. The van der Waals surface area contributed by atoms with E-state index in [1.54, 1.807) is 0 Å². The van der Waals surface area contributed by atoms with E-state index >= 15 is 0 Å². The van der Waals surface area contributed by atoms with Crippen LogP contribution in [0, 0.1) is 6.92 Å². The van der Waals surface area contributed by atoms with E-state index in [1.807, 2.05) is 36.9 Å². The van der Waals surface area contributed by atoms with Crippen LogP contribution < -0.4 is 4.90 Å². The molecule has 1 aromatic rings. The summed E-state index contributed by atoms with van der Waals surface area (Å²) in [6, 6.07) is 8.10. The van der Waals surface area contributed by atoms with Gasteiger partial charge in [0.25, 0.3) is 0 Å². The van der Waals surface area contributed by atoms with Crippen molar-refractivity contribution < 1.29 is 9.53 Å². The molecule has 0 saturated carbocycles. The summed E-state index contributed by atoms with van der Waals surface area (Å²) in [5.74, 6) is 0.167. The molecule has 3 heteroatoms. The molecule has 1 fully saturated rings. The summed E-state index contributed by atoms with van der Waals surface area (Å²) >= 11 is 0. The van der Waals surface area contributed by atoms with Gasteiger partial charge in [-0.25, -0.2) is 0 Å². The lowest BCUT2D eigenvalue weighted by Gasteiger charge is -2.26. The molecule has 1 aromatic carbocycles. The fourth-order valence-electron chi connectivity index (χ4n) is 2.57. The average Bonchev–Trinajstić information content (AvgIpc) is 2.41.